The first-order chi connectivity index (χ1) is 14.2. The fraction of sp³-hybridized carbons (Fsp3) is 0.391. The monoisotopic (exact) mass is 393 g/mol. The third-order valence-electron chi connectivity index (χ3n) is 5.52. The standard InChI is InChI=1S/C23H27N3O3/c1-2-12-26(19-10-11-24-15-19)23(28)17-7-5-8-18(13-17)25-22(27)21-14-16-6-3-4-9-20(16)29-21/h3-9,13,19,21,24H,2,10-12,14-15H2,1H3,(H,25,27). The van der Waals surface area contributed by atoms with Crippen molar-refractivity contribution in [2.45, 2.75) is 38.3 Å². The van der Waals surface area contributed by atoms with E-state index in [9.17, 15) is 9.59 Å². The number of hydrogen-bond acceptors (Lipinski definition) is 4. The Bertz CT molecular complexity index is 867. The minimum atomic E-state index is -0.548. The van der Waals surface area contributed by atoms with E-state index in [1.54, 1.807) is 12.1 Å². The van der Waals surface area contributed by atoms with E-state index in [0.29, 0.717) is 17.7 Å². The van der Waals surface area contributed by atoms with E-state index in [0.717, 1.165) is 43.8 Å². The van der Waals surface area contributed by atoms with Gasteiger partial charge in [0.1, 0.15) is 5.75 Å². The van der Waals surface area contributed by atoms with Gasteiger partial charge in [-0.05, 0) is 49.2 Å². The van der Waals surface area contributed by atoms with Gasteiger partial charge in [-0.2, -0.15) is 0 Å². The Hall–Kier alpha value is -2.86. The lowest BCUT2D eigenvalue weighted by molar-refractivity contribution is -0.122. The summed E-state index contributed by atoms with van der Waals surface area (Å²) in [5.74, 6) is 0.578. The van der Waals surface area contributed by atoms with Crippen molar-refractivity contribution in [3.63, 3.8) is 0 Å². The Kier molecular flexibility index (Phi) is 5.81. The first-order valence-electron chi connectivity index (χ1n) is 10.3. The second-order valence-electron chi connectivity index (χ2n) is 7.63. The molecular formula is C23H27N3O3. The predicted octanol–water partition coefficient (Wildman–Crippen LogP) is 2.84. The molecule has 6 heteroatoms. The predicted molar refractivity (Wildman–Crippen MR) is 112 cm³/mol. The highest BCUT2D eigenvalue weighted by Crippen LogP contribution is 2.28. The number of hydrogen-bond donors (Lipinski definition) is 2. The molecule has 0 bridgehead atoms. The number of nitrogens with zero attached hydrogens (tertiary/aromatic N) is 1. The van der Waals surface area contributed by atoms with Crippen LogP contribution in [0.25, 0.3) is 0 Å². The van der Waals surface area contributed by atoms with Crippen molar-refractivity contribution in [1.82, 2.24) is 10.2 Å². The van der Waals surface area contributed by atoms with Crippen molar-refractivity contribution < 1.29 is 14.3 Å². The van der Waals surface area contributed by atoms with Crippen LogP contribution in [-0.2, 0) is 11.2 Å². The summed E-state index contributed by atoms with van der Waals surface area (Å²) in [6, 6.07) is 15.1. The fourth-order valence-corrected chi connectivity index (χ4v) is 4.04. The minimum absolute atomic E-state index is 0.0150. The molecule has 2 aliphatic rings. The quantitative estimate of drug-likeness (QED) is 0.792. The highest BCUT2D eigenvalue weighted by atomic mass is 16.5. The van der Waals surface area contributed by atoms with Gasteiger partial charge in [0.05, 0.1) is 0 Å². The lowest BCUT2D eigenvalue weighted by Gasteiger charge is -2.28. The van der Waals surface area contributed by atoms with Crippen LogP contribution in [0.15, 0.2) is 48.5 Å². The average molecular weight is 393 g/mol. The zero-order valence-electron chi connectivity index (χ0n) is 16.7. The largest absolute Gasteiger partial charge is 0.480 e. The molecule has 0 radical (unpaired) electrons. The molecule has 2 aromatic rings. The van der Waals surface area contributed by atoms with Crippen LogP contribution in [0.3, 0.4) is 0 Å². The zero-order valence-corrected chi connectivity index (χ0v) is 16.7. The normalized spacial score (nSPS) is 20.0. The molecule has 0 spiro atoms. The fourth-order valence-electron chi connectivity index (χ4n) is 4.04. The summed E-state index contributed by atoms with van der Waals surface area (Å²) in [5, 5.41) is 6.24. The molecule has 4 rings (SSSR count). The topological polar surface area (TPSA) is 70.7 Å². The summed E-state index contributed by atoms with van der Waals surface area (Å²) in [6.07, 6.45) is 1.90. The lowest BCUT2D eigenvalue weighted by atomic mass is 10.1. The van der Waals surface area contributed by atoms with Gasteiger partial charge in [-0.25, -0.2) is 0 Å². The number of ether oxygens (including phenoxy) is 1. The van der Waals surface area contributed by atoms with E-state index in [1.165, 1.54) is 0 Å². The number of amides is 2. The average Bonchev–Trinajstić information content (AvgIpc) is 3.41. The minimum Gasteiger partial charge on any atom is -0.480 e. The van der Waals surface area contributed by atoms with E-state index in [2.05, 4.69) is 17.6 Å². The van der Waals surface area contributed by atoms with Crippen LogP contribution in [0.1, 0.15) is 35.7 Å². The Labute approximate surface area is 171 Å². The molecule has 2 atom stereocenters. The number of rotatable bonds is 6. The third-order valence-corrected chi connectivity index (χ3v) is 5.52. The van der Waals surface area contributed by atoms with Crippen LogP contribution in [0.2, 0.25) is 0 Å². The molecular weight excluding hydrogens is 366 g/mol. The number of benzene rings is 2. The molecule has 29 heavy (non-hydrogen) atoms. The van der Waals surface area contributed by atoms with E-state index < -0.39 is 6.10 Å². The molecule has 2 N–H and O–H groups in total. The van der Waals surface area contributed by atoms with E-state index in [4.69, 9.17) is 4.74 Å². The maximum absolute atomic E-state index is 13.1. The smallest absolute Gasteiger partial charge is 0.265 e. The number of nitrogens with one attached hydrogen (secondary N) is 2. The number of carbonyl (C=O) groups is 2. The molecule has 152 valence electrons. The molecule has 0 aliphatic carbocycles. The van der Waals surface area contributed by atoms with Crippen molar-refractivity contribution in [3.8, 4) is 5.75 Å². The van der Waals surface area contributed by atoms with Gasteiger partial charge in [-0.1, -0.05) is 31.2 Å². The second-order valence-corrected chi connectivity index (χ2v) is 7.63. The molecule has 2 aromatic carbocycles. The molecule has 1 saturated heterocycles. The van der Waals surface area contributed by atoms with Crippen molar-refractivity contribution in [2.24, 2.45) is 0 Å². The van der Waals surface area contributed by atoms with E-state index in [1.807, 2.05) is 41.3 Å². The van der Waals surface area contributed by atoms with Crippen molar-refractivity contribution in [2.75, 3.05) is 25.0 Å². The van der Waals surface area contributed by atoms with Crippen LogP contribution in [-0.4, -0.2) is 48.5 Å². The molecule has 2 unspecified atom stereocenters. The Morgan fingerprint density at radius 1 is 1.21 bits per heavy atom. The van der Waals surface area contributed by atoms with Crippen LogP contribution in [0, 0.1) is 0 Å². The molecule has 0 aromatic heterocycles. The van der Waals surface area contributed by atoms with Gasteiger partial charge >= 0.3 is 0 Å². The molecule has 6 nitrogen and oxygen atoms in total. The van der Waals surface area contributed by atoms with Gasteiger partial charge in [-0.15, -0.1) is 0 Å². The van der Waals surface area contributed by atoms with Crippen molar-refractivity contribution in [1.29, 1.82) is 0 Å². The van der Waals surface area contributed by atoms with E-state index >= 15 is 0 Å². The second kappa shape index (κ2) is 8.66. The summed E-state index contributed by atoms with van der Waals surface area (Å²) in [7, 11) is 0. The Balaban J connectivity index is 1.44. The zero-order chi connectivity index (χ0) is 20.2. The van der Waals surface area contributed by atoms with Gasteiger partial charge in [-0.3, -0.25) is 9.59 Å². The summed E-state index contributed by atoms with van der Waals surface area (Å²) < 4.78 is 5.76. The maximum atomic E-state index is 13.1. The Morgan fingerprint density at radius 2 is 2.07 bits per heavy atom. The summed E-state index contributed by atoms with van der Waals surface area (Å²) in [5.41, 5.74) is 2.25. The van der Waals surface area contributed by atoms with Crippen LogP contribution in [0.4, 0.5) is 5.69 Å². The number of para-hydroxylation sites is 1. The maximum Gasteiger partial charge on any atom is 0.265 e. The Morgan fingerprint density at radius 3 is 2.83 bits per heavy atom. The lowest BCUT2D eigenvalue weighted by Crippen LogP contribution is -2.42. The molecule has 1 fully saturated rings. The van der Waals surface area contributed by atoms with Crippen LogP contribution in [0.5, 0.6) is 5.75 Å². The first kappa shape index (κ1) is 19.5. The van der Waals surface area contributed by atoms with E-state index in [-0.39, 0.29) is 17.9 Å². The highest BCUT2D eigenvalue weighted by Gasteiger charge is 2.29. The molecule has 2 amide bonds. The summed E-state index contributed by atoms with van der Waals surface area (Å²) >= 11 is 0. The van der Waals surface area contributed by atoms with Gasteiger partial charge in [0.2, 0.25) is 0 Å². The van der Waals surface area contributed by atoms with Gasteiger partial charge in [0, 0.05) is 36.8 Å². The van der Waals surface area contributed by atoms with Gasteiger partial charge < -0.3 is 20.3 Å². The third kappa shape index (κ3) is 4.27. The first-order valence-corrected chi connectivity index (χ1v) is 10.3. The van der Waals surface area contributed by atoms with Gasteiger partial charge in [0.15, 0.2) is 6.10 Å². The van der Waals surface area contributed by atoms with Crippen LogP contribution >= 0.6 is 0 Å². The molecule has 2 aliphatic heterocycles. The highest BCUT2D eigenvalue weighted by molar-refractivity contribution is 5.98. The van der Waals surface area contributed by atoms with Crippen molar-refractivity contribution in [3.05, 3.63) is 59.7 Å². The SMILES string of the molecule is CCCN(C(=O)c1cccc(NC(=O)C2Cc3ccccc3O2)c1)C1CCNC1. The molecule has 2 heterocycles. The summed E-state index contributed by atoms with van der Waals surface area (Å²) in [6.45, 7) is 4.59. The number of fused-ring (bicyclic) bond motifs is 1. The number of carbonyl (C=O) groups excluding carboxylic acids is 2. The summed E-state index contributed by atoms with van der Waals surface area (Å²) in [4.78, 5) is 27.8. The van der Waals surface area contributed by atoms with Gasteiger partial charge in [0.25, 0.3) is 11.8 Å². The number of anilines is 1. The molecule has 0 saturated carbocycles. The van der Waals surface area contributed by atoms with Crippen molar-refractivity contribution >= 4 is 17.5 Å². The van der Waals surface area contributed by atoms with Crippen LogP contribution < -0.4 is 15.4 Å².